The van der Waals surface area contributed by atoms with E-state index in [2.05, 4.69) is 4.18 Å². The van der Waals surface area contributed by atoms with Gasteiger partial charge in [-0.1, -0.05) is 19.8 Å². The van der Waals surface area contributed by atoms with Crippen molar-refractivity contribution in [2.75, 3.05) is 0 Å². The molecule has 2 unspecified atom stereocenters. The molecule has 0 bridgehead atoms. The highest BCUT2D eigenvalue weighted by atomic mass is 32.2. The lowest BCUT2D eigenvalue weighted by Crippen LogP contribution is -2.31. The van der Waals surface area contributed by atoms with Crippen LogP contribution in [0.2, 0.25) is 0 Å². The number of hydrogen-bond acceptors (Lipinski definition) is 3. The highest BCUT2D eigenvalue weighted by Gasteiger charge is 2.49. The normalized spacial score (nSPS) is 28.3. The van der Waals surface area contributed by atoms with E-state index in [1.807, 2.05) is 6.92 Å². The second-order valence-corrected chi connectivity index (χ2v) is 5.20. The summed E-state index contributed by atoms with van der Waals surface area (Å²) in [6.45, 7) is 1.81. The van der Waals surface area contributed by atoms with E-state index in [0.717, 1.165) is 12.8 Å². The molecule has 1 fully saturated rings. The lowest BCUT2D eigenvalue weighted by molar-refractivity contribution is -0.0586. The third kappa shape index (κ3) is 2.84. The summed E-state index contributed by atoms with van der Waals surface area (Å²) in [7, 11) is -5.42. The van der Waals surface area contributed by atoms with Gasteiger partial charge < -0.3 is 0 Å². The van der Waals surface area contributed by atoms with Gasteiger partial charge in [-0.15, -0.1) is 0 Å². The zero-order valence-corrected chi connectivity index (χ0v) is 9.07. The summed E-state index contributed by atoms with van der Waals surface area (Å²) in [5, 5.41) is 0. The fraction of sp³-hybridized carbons (Fsp3) is 1.00. The van der Waals surface area contributed by atoms with E-state index in [0.29, 0.717) is 12.8 Å². The Labute approximate surface area is 86.7 Å². The fourth-order valence-corrected chi connectivity index (χ4v) is 2.50. The maximum absolute atomic E-state index is 12.0. The Bertz CT molecular complexity index is 310. The van der Waals surface area contributed by atoms with Crippen LogP contribution in [0.4, 0.5) is 13.2 Å². The Morgan fingerprint density at radius 3 is 2.40 bits per heavy atom. The average Bonchev–Trinajstić information content (AvgIpc) is 2.48. The summed E-state index contributed by atoms with van der Waals surface area (Å²) in [5.74, 6) is -0.0814. The topological polar surface area (TPSA) is 43.4 Å². The van der Waals surface area contributed by atoms with Crippen molar-refractivity contribution in [3.05, 3.63) is 0 Å². The third-order valence-corrected chi connectivity index (χ3v) is 3.71. The second-order valence-electron chi connectivity index (χ2n) is 3.63. The minimum Gasteiger partial charge on any atom is -0.260 e. The van der Waals surface area contributed by atoms with Crippen molar-refractivity contribution in [2.45, 2.75) is 44.2 Å². The molecule has 15 heavy (non-hydrogen) atoms. The number of rotatable bonds is 3. The average molecular weight is 246 g/mol. The molecule has 0 spiro atoms. The molecule has 0 heterocycles. The third-order valence-electron chi connectivity index (χ3n) is 2.65. The van der Waals surface area contributed by atoms with E-state index in [1.54, 1.807) is 0 Å². The van der Waals surface area contributed by atoms with Crippen LogP contribution in [0.15, 0.2) is 0 Å². The van der Waals surface area contributed by atoms with E-state index in [9.17, 15) is 21.6 Å². The summed E-state index contributed by atoms with van der Waals surface area (Å²) in [6.07, 6.45) is 1.67. The van der Waals surface area contributed by atoms with E-state index >= 15 is 0 Å². The standard InChI is InChI=1S/C8H13F3O3S/c1-2-6-4-3-5-7(6)14-15(12,13)8(9,10)11/h6-7H,2-5H2,1H3. The van der Waals surface area contributed by atoms with Crippen LogP contribution >= 0.6 is 0 Å². The Hall–Kier alpha value is -0.300. The molecule has 0 saturated heterocycles. The van der Waals surface area contributed by atoms with Crippen LogP contribution in [-0.2, 0) is 14.3 Å². The number of hydrogen-bond donors (Lipinski definition) is 0. The first-order chi connectivity index (χ1) is 6.78. The van der Waals surface area contributed by atoms with Crippen molar-refractivity contribution in [3.8, 4) is 0 Å². The van der Waals surface area contributed by atoms with E-state index < -0.39 is 21.7 Å². The van der Waals surface area contributed by atoms with Crippen molar-refractivity contribution in [1.29, 1.82) is 0 Å². The predicted octanol–water partition coefficient (Wildman–Crippen LogP) is 2.43. The molecule has 0 aliphatic heterocycles. The van der Waals surface area contributed by atoms with Crippen LogP contribution in [0.3, 0.4) is 0 Å². The van der Waals surface area contributed by atoms with Gasteiger partial charge in [-0.3, -0.25) is 4.18 Å². The molecule has 0 aromatic heterocycles. The molecule has 0 N–H and O–H groups in total. The van der Waals surface area contributed by atoms with E-state index in [-0.39, 0.29) is 5.92 Å². The molecule has 1 rings (SSSR count). The minimum absolute atomic E-state index is 0.0814. The molecule has 1 aliphatic rings. The largest absolute Gasteiger partial charge is 0.523 e. The van der Waals surface area contributed by atoms with Gasteiger partial charge in [0.15, 0.2) is 0 Å². The summed E-state index contributed by atoms with van der Waals surface area (Å²) < 4.78 is 61.7. The van der Waals surface area contributed by atoms with Crippen molar-refractivity contribution in [3.63, 3.8) is 0 Å². The summed E-state index contributed by atoms with van der Waals surface area (Å²) in [4.78, 5) is 0. The molecule has 1 aliphatic carbocycles. The van der Waals surface area contributed by atoms with Gasteiger partial charge in [-0.05, 0) is 18.8 Å². The Balaban J connectivity index is 2.70. The molecule has 90 valence electrons. The van der Waals surface area contributed by atoms with Gasteiger partial charge in [0.05, 0.1) is 6.10 Å². The molecule has 0 amide bonds. The molecule has 7 heteroatoms. The highest BCUT2D eigenvalue weighted by molar-refractivity contribution is 7.87. The number of halogens is 3. The van der Waals surface area contributed by atoms with Crippen LogP contribution in [0.5, 0.6) is 0 Å². The molecular formula is C8H13F3O3S. The summed E-state index contributed by atoms with van der Waals surface area (Å²) in [5.41, 5.74) is -5.31. The summed E-state index contributed by atoms with van der Waals surface area (Å²) >= 11 is 0. The molecule has 3 nitrogen and oxygen atoms in total. The van der Waals surface area contributed by atoms with Gasteiger partial charge in [-0.2, -0.15) is 21.6 Å². The minimum atomic E-state index is -5.42. The maximum atomic E-state index is 12.0. The lowest BCUT2D eigenvalue weighted by atomic mass is 10.0. The highest BCUT2D eigenvalue weighted by Crippen LogP contribution is 2.35. The Morgan fingerprint density at radius 1 is 1.33 bits per heavy atom. The zero-order valence-electron chi connectivity index (χ0n) is 8.25. The van der Waals surface area contributed by atoms with E-state index in [4.69, 9.17) is 0 Å². The van der Waals surface area contributed by atoms with Crippen LogP contribution in [-0.4, -0.2) is 20.0 Å². The van der Waals surface area contributed by atoms with Crippen LogP contribution in [0.1, 0.15) is 32.6 Å². The van der Waals surface area contributed by atoms with Crippen molar-refractivity contribution < 1.29 is 25.8 Å². The fourth-order valence-electron chi connectivity index (χ4n) is 1.81. The molecular weight excluding hydrogens is 233 g/mol. The van der Waals surface area contributed by atoms with Crippen LogP contribution < -0.4 is 0 Å². The predicted molar refractivity (Wildman–Crippen MR) is 47.5 cm³/mol. The van der Waals surface area contributed by atoms with Gasteiger partial charge >= 0.3 is 15.6 Å². The van der Waals surface area contributed by atoms with Crippen LogP contribution in [0, 0.1) is 5.92 Å². The molecule has 0 aromatic rings. The first-order valence-corrected chi connectivity index (χ1v) is 6.18. The van der Waals surface area contributed by atoms with Crippen molar-refractivity contribution in [1.82, 2.24) is 0 Å². The molecule has 0 radical (unpaired) electrons. The van der Waals surface area contributed by atoms with E-state index in [1.165, 1.54) is 0 Å². The Morgan fingerprint density at radius 2 is 1.93 bits per heavy atom. The number of alkyl halides is 3. The smallest absolute Gasteiger partial charge is 0.260 e. The molecule has 0 aromatic carbocycles. The zero-order chi connectivity index (χ0) is 11.7. The summed E-state index contributed by atoms with van der Waals surface area (Å²) in [6, 6.07) is 0. The van der Waals surface area contributed by atoms with Crippen molar-refractivity contribution >= 4 is 10.1 Å². The molecule has 1 saturated carbocycles. The van der Waals surface area contributed by atoms with Gasteiger partial charge in [0.2, 0.25) is 0 Å². The lowest BCUT2D eigenvalue weighted by Gasteiger charge is -2.18. The SMILES string of the molecule is CCC1CCCC1OS(=O)(=O)C(F)(F)F. The maximum Gasteiger partial charge on any atom is 0.523 e. The Kier molecular flexibility index (Phi) is 3.65. The van der Waals surface area contributed by atoms with Gasteiger partial charge in [0, 0.05) is 0 Å². The first kappa shape index (κ1) is 12.8. The van der Waals surface area contributed by atoms with Gasteiger partial charge in [0.1, 0.15) is 0 Å². The first-order valence-electron chi connectivity index (χ1n) is 4.77. The molecule has 2 atom stereocenters. The monoisotopic (exact) mass is 246 g/mol. The van der Waals surface area contributed by atoms with Crippen LogP contribution in [0.25, 0.3) is 0 Å². The van der Waals surface area contributed by atoms with Crippen molar-refractivity contribution in [2.24, 2.45) is 5.92 Å². The second kappa shape index (κ2) is 4.29. The quantitative estimate of drug-likeness (QED) is 0.567. The van der Waals surface area contributed by atoms with Gasteiger partial charge in [-0.25, -0.2) is 0 Å². The van der Waals surface area contributed by atoms with Gasteiger partial charge in [0.25, 0.3) is 0 Å².